The van der Waals surface area contributed by atoms with Crippen molar-refractivity contribution in [3.8, 4) is 5.75 Å². The Kier molecular flexibility index (Phi) is 6.42. The Hall–Kier alpha value is 0.680. The number of carbonyl (C=O) groups excluding carboxylic acids is 1. The molecule has 0 radical (unpaired) electrons. The summed E-state index contributed by atoms with van der Waals surface area (Å²) in [5, 5.41) is 0. The highest BCUT2D eigenvalue weighted by atomic mass is 127. The number of benzene rings is 1. The molecule has 6 heteroatoms. The molecular weight excluding hydrogens is 573 g/mol. The van der Waals surface area contributed by atoms with Gasteiger partial charge in [-0.05, 0) is 93.8 Å². The summed E-state index contributed by atoms with van der Waals surface area (Å²) in [4.78, 5) is 11.6. The maximum absolute atomic E-state index is 11.6. The third-order valence-electron chi connectivity index (χ3n) is 2.28. The zero-order valence-electron chi connectivity index (χ0n) is 10.2. The molecule has 0 aliphatic heterocycles. The highest BCUT2D eigenvalue weighted by molar-refractivity contribution is 14.1. The van der Waals surface area contributed by atoms with E-state index < -0.39 is 5.41 Å². The lowest BCUT2D eigenvalue weighted by atomic mass is 9.95. The van der Waals surface area contributed by atoms with Gasteiger partial charge in [-0.3, -0.25) is 4.79 Å². The quantitative estimate of drug-likeness (QED) is 0.395. The summed E-state index contributed by atoms with van der Waals surface area (Å²) in [6, 6.07) is 4.09. The first kappa shape index (κ1) is 16.7. The number of esters is 1. The molecule has 0 amide bonds. The predicted octanol–water partition coefficient (Wildman–Crippen LogP) is 4.08. The zero-order chi connectivity index (χ0) is 13.9. The lowest BCUT2D eigenvalue weighted by Gasteiger charge is -2.22. The number of hydrogen-bond donors (Lipinski definition) is 0. The van der Waals surface area contributed by atoms with Gasteiger partial charge in [-0.2, -0.15) is 0 Å². The molecule has 0 saturated carbocycles. The number of methoxy groups -OCH3 is 1. The van der Waals surface area contributed by atoms with Crippen LogP contribution in [0.25, 0.3) is 0 Å². The van der Waals surface area contributed by atoms with Gasteiger partial charge in [0.25, 0.3) is 0 Å². The highest BCUT2D eigenvalue weighted by Gasteiger charge is 2.30. The number of rotatable bonds is 4. The molecular formula is C12H13I3O3. The normalized spacial score (nSPS) is 11.2. The Balaban J connectivity index is 2.84. The van der Waals surface area contributed by atoms with E-state index in [1.807, 2.05) is 26.0 Å². The fourth-order valence-corrected chi connectivity index (χ4v) is 5.15. The van der Waals surface area contributed by atoms with Gasteiger partial charge in [0.05, 0.1) is 19.7 Å². The first-order valence-corrected chi connectivity index (χ1v) is 8.37. The number of carbonyl (C=O) groups is 1. The molecule has 3 nitrogen and oxygen atoms in total. The fourth-order valence-electron chi connectivity index (χ4n) is 1.25. The second kappa shape index (κ2) is 6.91. The van der Waals surface area contributed by atoms with E-state index >= 15 is 0 Å². The third kappa shape index (κ3) is 4.36. The van der Waals surface area contributed by atoms with Crippen molar-refractivity contribution in [1.29, 1.82) is 0 Å². The van der Waals surface area contributed by atoms with Crippen LogP contribution in [0.2, 0.25) is 0 Å². The van der Waals surface area contributed by atoms with Crippen molar-refractivity contribution in [1.82, 2.24) is 0 Å². The summed E-state index contributed by atoms with van der Waals surface area (Å²) in [5.74, 6) is 0.562. The Morgan fingerprint density at radius 2 is 1.72 bits per heavy atom. The average molecular weight is 586 g/mol. The van der Waals surface area contributed by atoms with E-state index in [2.05, 4.69) is 67.8 Å². The van der Waals surface area contributed by atoms with Crippen LogP contribution in [-0.2, 0) is 9.53 Å². The molecule has 0 aromatic heterocycles. The Labute approximate surface area is 148 Å². The highest BCUT2D eigenvalue weighted by Crippen LogP contribution is 2.31. The van der Waals surface area contributed by atoms with Gasteiger partial charge in [0.1, 0.15) is 12.4 Å². The minimum Gasteiger partial charge on any atom is -0.490 e. The van der Waals surface area contributed by atoms with Crippen LogP contribution >= 0.6 is 67.8 Å². The van der Waals surface area contributed by atoms with Crippen LogP contribution in [-0.4, -0.2) is 19.7 Å². The second-order valence-corrected chi connectivity index (χ2v) is 7.93. The Morgan fingerprint density at radius 3 is 2.17 bits per heavy atom. The van der Waals surface area contributed by atoms with E-state index in [0.717, 1.165) is 12.9 Å². The topological polar surface area (TPSA) is 35.5 Å². The van der Waals surface area contributed by atoms with Crippen LogP contribution in [0.1, 0.15) is 13.8 Å². The molecule has 0 heterocycles. The molecule has 0 atom stereocenters. The van der Waals surface area contributed by atoms with Crippen LogP contribution in [0, 0.1) is 16.1 Å². The molecule has 1 aromatic carbocycles. The van der Waals surface area contributed by atoms with Crippen molar-refractivity contribution in [2.75, 3.05) is 13.7 Å². The van der Waals surface area contributed by atoms with Crippen molar-refractivity contribution < 1.29 is 14.3 Å². The number of hydrogen-bond acceptors (Lipinski definition) is 3. The Morgan fingerprint density at radius 1 is 1.22 bits per heavy atom. The van der Waals surface area contributed by atoms with Gasteiger partial charge in [0, 0.05) is 3.57 Å². The molecule has 0 fully saturated rings. The van der Waals surface area contributed by atoms with Crippen molar-refractivity contribution in [3.05, 3.63) is 22.8 Å². The molecule has 100 valence electrons. The van der Waals surface area contributed by atoms with Crippen LogP contribution in [0.3, 0.4) is 0 Å². The van der Waals surface area contributed by atoms with E-state index in [9.17, 15) is 4.79 Å². The summed E-state index contributed by atoms with van der Waals surface area (Å²) in [5.41, 5.74) is -0.649. The van der Waals surface area contributed by atoms with Crippen molar-refractivity contribution >= 4 is 73.7 Å². The van der Waals surface area contributed by atoms with E-state index in [4.69, 9.17) is 9.47 Å². The number of ether oxygens (including phenoxy) is 2. The molecule has 0 aliphatic carbocycles. The van der Waals surface area contributed by atoms with E-state index in [1.54, 1.807) is 0 Å². The molecule has 0 bridgehead atoms. The largest absolute Gasteiger partial charge is 0.490 e. The maximum Gasteiger partial charge on any atom is 0.314 e. The molecule has 0 spiro atoms. The van der Waals surface area contributed by atoms with Crippen molar-refractivity contribution in [2.45, 2.75) is 13.8 Å². The van der Waals surface area contributed by atoms with Gasteiger partial charge in [-0.25, -0.2) is 0 Å². The van der Waals surface area contributed by atoms with E-state index in [1.165, 1.54) is 10.7 Å². The van der Waals surface area contributed by atoms with Crippen molar-refractivity contribution in [2.24, 2.45) is 5.41 Å². The Bertz CT molecular complexity index is 435. The summed E-state index contributed by atoms with van der Waals surface area (Å²) in [6.07, 6.45) is 0. The number of halogens is 3. The van der Waals surface area contributed by atoms with Crippen LogP contribution in [0.15, 0.2) is 12.1 Å². The van der Waals surface area contributed by atoms with Crippen LogP contribution in [0.4, 0.5) is 0 Å². The fraction of sp³-hybridized carbons (Fsp3) is 0.417. The smallest absolute Gasteiger partial charge is 0.314 e. The SMILES string of the molecule is COC(=O)C(C)(C)COc1c(I)cc(I)cc1I. The summed E-state index contributed by atoms with van der Waals surface area (Å²) < 4.78 is 13.8. The van der Waals surface area contributed by atoms with Gasteiger partial charge in [0.2, 0.25) is 0 Å². The summed E-state index contributed by atoms with van der Waals surface area (Å²) >= 11 is 6.75. The van der Waals surface area contributed by atoms with E-state index in [-0.39, 0.29) is 5.97 Å². The molecule has 0 saturated heterocycles. The van der Waals surface area contributed by atoms with Gasteiger partial charge < -0.3 is 9.47 Å². The van der Waals surface area contributed by atoms with Crippen LogP contribution < -0.4 is 4.74 Å². The average Bonchev–Trinajstić information content (AvgIpc) is 2.26. The molecule has 18 heavy (non-hydrogen) atoms. The predicted molar refractivity (Wildman–Crippen MR) is 95.9 cm³/mol. The second-order valence-electron chi connectivity index (χ2n) is 4.36. The zero-order valence-corrected chi connectivity index (χ0v) is 16.7. The van der Waals surface area contributed by atoms with Crippen molar-refractivity contribution in [3.63, 3.8) is 0 Å². The lowest BCUT2D eigenvalue weighted by Crippen LogP contribution is -2.32. The minimum absolute atomic E-state index is 0.266. The molecule has 0 unspecified atom stereocenters. The van der Waals surface area contributed by atoms with E-state index in [0.29, 0.717) is 6.61 Å². The van der Waals surface area contributed by atoms with Crippen LogP contribution in [0.5, 0.6) is 5.75 Å². The first-order chi connectivity index (χ1) is 8.27. The minimum atomic E-state index is -0.649. The summed E-state index contributed by atoms with van der Waals surface area (Å²) in [6.45, 7) is 3.92. The molecule has 0 aliphatic rings. The maximum atomic E-state index is 11.6. The van der Waals surface area contributed by atoms with Gasteiger partial charge >= 0.3 is 5.97 Å². The van der Waals surface area contributed by atoms with Gasteiger partial charge in [-0.15, -0.1) is 0 Å². The van der Waals surface area contributed by atoms with Gasteiger partial charge in [0.15, 0.2) is 0 Å². The first-order valence-electron chi connectivity index (χ1n) is 5.13. The molecule has 0 N–H and O–H groups in total. The third-order valence-corrected chi connectivity index (χ3v) is 4.50. The lowest BCUT2D eigenvalue weighted by molar-refractivity contribution is -0.152. The molecule has 1 aromatic rings. The monoisotopic (exact) mass is 586 g/mol. The standard InChI is InChI=1S/C12H13I3O3/c1-12(2,11(16)17-3)6-18-10-8(14)4-7(13)5-9(10)15/h4-5H,6H2,1-3H3. The molecule has 1 rings (SSSR count). The summed E-state index contributed by atoms with van der Waals surface area (Å²) in [7, 11) is 1.39. The van der Waals surface area contributed by atoms with Gasteiger partial charge in [-0.1, -0.05) is 0 Å².